The van der Waals surface area contributed by atoms with Crippen LogP contribution in [0.5, 0.6) is 5.75 Å². The van der Waals surface area contributed by atoms with E-state index in [4.69, 9.17) is 10.5 Å². The van der Waals surface area contributed by atoms with Gasteiger partial charge in [-0.05, 0) is 61.3 Å². The zero-order valence-electron chi connectivity index (χ0n) is 16.5. The van der Waals surface area contributed by atoms with Gasteiger partial charge in [0.1, 0.15) is 11.6 Å². The second kappa shape index (κ2) is 9.52. The number of primary amides is 1. The van der Waals surface area contributed by atoms with Gasteiger partial charge >= 0.3 is 0 Å². The van der Waals surface area contributed by atoms with E-state index in [-0.39, 0.29) is 37.3 Å². The van der Waals surface area contributed by atoms with Gasteiger partial charge in [-0.2, -0.15) is 0 Å². The smallest absolute Gasteiger partial charge is 0.241 e. The molecular weight excluding hydrogens is 373 g/mol. The predicted molar refractivity (Wildman–Crippen MR) is 109 cm³/mol. The van der Waals surface area contributed by atoms with Crippen molar-refractivity contribution in [2.24, 2.45) is 5.73 Å². The van der Waals surface area contributed by atoms with Crippen molar-refractivity contribution in [1.82, 2.24) is 4.90 Å². The summed E-state index contributed by atoms with van der Waals surface area (Å²) >= 11 is 0. The Morgan fingerprint density at radius 3 is 2.48 bits per heavy atom. The molecule has 0 radical (unpaired) electrons. The van der Waals surface area contributed by atoms with E-state index in [1.54, 1.807) is 19.2 Å². The van der Waals surface area contributed by atoms with Gasteiger partial charge in [-0.1, -0.05) is 12.1 Å². The van der Waals surface area contributed by atoms with Gasteiger partial charge in [-0.25, -0.2) is 4.39 Å². The molecular formula is C22H26FN3O3. The normalized spacial score (nSPS) is 16.6. The standard InChI is InChI=1S/C22H26FN3O3/c1-29-19-10-4-16(5-11-19)20-3-2-13-25(20)15-22(28)26(14-12-21(24)27)18-8-6-17(23)7-9-18/h4-11,20H,2-3,12-15H2,1H3,(H2,24,27)/t20-/m1/s1. The van der Waals surface area contributed by atoms with E-state index in [1.807, 2.05) is 24.3 Å². The van der Waals surface area contributed by atoms with Gasteiger partial charge in [0, 0.05) is 24.7 Å². The lowest BCUT2D eigenvalue weighted by Crippen LogP contribution is -2.41. The number of methoxy groups -OCH3 is 1. The van der Waals surface area contributed by atoms with Crippen LogP contribution in [0.1, 0.15) is 30.9 Å². The second-order valence-corrected chi connectivity index (χ2v) is 7.14. The second-order valence-electron chi connectivity index (χ2n) is 7.14. The molecule has 3 rings (SSSR count). The van der Waals surface area contributed by atoms with Crippen LogP contribution in [0.4, 0.5) is 10.1 Å². The molecule has 2 aromatic carbocycles. The molecule has 0 unspecified atom stereocenters. The third kappa shape index (κ3) is 5.32. The molecule has 1 aliphatic rings. The Morgan fingerprint density at radius 2 is 1.86 bits per heavy atom. The van der Waals surface area contributed by atoms with Crippen LogP contribution >= 0.6 is 0 Å². The van der Waals surface area contributed by atoms with Gasteiger partial charge in [0.2, 0.25) is 11.8 Å². The Hall–Kier alpha value is -2.93. The number of carbonyl (C=O) groups is 2. The summed E-state index contributed by atoms with van der Waals surface area (Å²) in [7, 11) is 1.63. The number of anilines is 1. The highest BCUT2D eigenvalue weighted by atomic mass is 19.1. The molecule has 154 valence electrons. The van der Waals surface area contributed by atoms with Crippen molar-refractivity contribution in [3.8, 4) is 5.75 Å². The highest BCUT2D eigenvalue weighted by Gasteiger charge is 2.29. The number of likely N-dealkylation sites (tertiary alicyclic amines) is 1. The van der Waals surface area contributed by atoms with Crippen LogP contribution in [0.2, 0.25) is 0 Å². The Bertz CT molecular complexity index is 839. The maximum Gasteiger partial charge on any atom is 0.241 e. The minimum atomic E-state index is -0.484. The van der Waals surface area contributed by atoms with Gasteiger partial charge in [-0.3, -0.25) is 14.5 Å². The fraction of sp³-hybridized carbons (Fsp3) is 0.364. The first kappa shape index (κ1) is 20.8. The van der Waals surface area contributed by atoms with E-state index in [0.717, 1.165) is 30.7 Å². The lowest BCUT2D eigenvalue weighted by atomic mass is 10.0. The van der Waals surface area contributed by atoms with Crippen molar-refractivity contribution < 1.29 is 18.7 Å². The molecule has 0 aromatic heterocycles. The summed E-state index contributed by atoms with van der Waals surface area (Å²) in [6, 6.07) is 13.7. The van der Waals surface area contributed by atoms with Crippen LogP contribution in [0.15, 0.2) is 48.5 Å². The molecule has 0 spiro atoms. The highest BCUT2D eigenvalue weighted by molar-refractivity contribution is 5.95. The van der Waals surface area contributed by atoms with E-state index in [1.165, 1.54) is 17.0 Å². The van der Waals surface area contributed by atoms with Crippen LogP contribution in [0, 0.1) is 5.82 Å². The third-order valence-corrected chi connectivity index (χ3v) is 5.22. The Labute approximate surface area is 170 Å². The van der Waals surface area contributed by atoms with Crippen LogP contribution in [0.25, 0.3) is 0 Å². The van der Waals surface area contributed by atoms with E-state index in [2.05, 4.69) is 4.90 Å². The van der Waals surface area contributed by atoms with Crippen molar-refractivity contribution in [2.75, 3.05) is 31.6 Å². The molecule has 2 aromatic rings. The van der Waals surface area contributed by atoms with Crippen LogP contribution in [0.3, 0.4) is 0 Å². The number of nitrogens with zero attached hydrogens (tertiary/aromatic N) is 2. The number of hydrogen-bond acceptors (Lipinski definition) is 4. The first-order valence-electron chi connectivity index (χ1n) is 9.70. The Balaban J connectivity index is 1.74. The van der Waals surface area contributed by atoms with E-state index < -0.39 is 5.91 Å². The van der Waals surface area contributed by atoms with Crippen molar-refractivity contribution in [2.45, 2.75) is 25.3 Å². The summed E-state index contributed by atoms with van der Waals surface area (Å²) in [5.74, 6) is -0.209. The summed E-state index contributed by atoms with van der Waals surface area (Å²) in [5.41, 5.74) is 6.96. The summed E-state index contributed by atoms with van der Waals surface area (Å²) in [5, 5.41) is 0. The summed E-state index contributed by atoms with van der Waals surface area (Å²) in [6.07, 6.45) is 2.02. The molecule has 1 heterocycles. The summed E-state index contributed by atoms with van der Waals surface area (Å²) in [6.45, 7) is 1.20. The topological polar surface area (TPSA) is 75.9 Å². The molecule has 0 aliphatic carbocycles. The van der Waals surface area contributed by atoms with Crippen LogP contribution in [-0.4, -0.2) is 43.5 Å². The first-order chi connectivity index (χ1) is 14.0. The quantitative estimate of drug-likeness (QED) is 0.741. The van der Waals surface area contributed by atoms with Gasteiger partial charge in [-0.15, -0.1) is 0 Å². The molecule has 1 fully saturated rings. The molecule has 2 amide bonds. The molecule has 0 saturated carbocycles. The zero-order valence-corrected chi connectivity index (χ0v) is 16.5. The van der Waals surface area contributed by atoms with Crippen molar-refractivity contribution in [3.63, 3.8) is 0 Å². The Morgan fingerprint density at radius 1 is 1.17 bits per heavy atom. The number of rotatable bonds is 8. The predicted octanol–water partition coefficient (Wildman–Crippen LogP) is 2.88. The van der Waals surface area contributed by atoms with Gasteiger partial charge in [0.05, 0.1) is 13.7 Å². The van der Waals surface area contributed by atoms with E-state index >= 15 is 0 Å². The lowest BCUT2D eigenvalue weighted by molar-refractivity contribution is -0.120. The monoisotopic (exact) mass is 399 g/mol. The molecule has 1 saturated heterocycles. The summed E-state index contributed by atoms with van der Waals surface area (Å²) in [4.78, 5) is 28.0. The molecule has 7 heteroatoms. The Kier molecular flexibility index (Phi) is 6.82. The molecule has 2 N–H and O–H groups in total. The van der Waals surface area contributed by atoms with Gasteiger partial charge < -0.3 is 15.4 Å². The minimum absolute atomic E-state index is 0.0467. The lowest BCUT2D eigenvalue weighted by Gasteiger charge is -2.29. The van der Waals surface area contributed by atoms with Gasteiger partial charge in [0.25, 0.3) is 0 Å². The number of amides is 2. The molecule has 1 atom stereocenters. The largest absolute Gasteiger partial charge is 0.497 e. The number of hydrogen-bond donors (Lipinski definition) is 1. The number of carbonyl (C=O) groups excluding carboxylic acids is 2. The fourth-order valence-electron chi connectivity index (χ4n) is 3.72. The third-order valence-electron chi connectivity index (χ3n) is 5.22. The number of halogens is 1. The van der Waals surface area contributed by atoms with E-state index in [9.17, 15) is 14.0 Å². The van der Waals surface area contributed by atoms with Crippen molar-refractivity contribution in [3.05, 3.63) is 59.9 Å². The maximum absolute atomic E-state index is 13.3. The SMILES string of the molecule is COc1ccc([C@H]2CCCN2CC(=O)N(CCC(N)=O)c2ccc(F)cc2)cc1. The maximum atomic E-state index is 13.3. The minimum Gasteiger partial charge on any atom is -0.497 e. The highest BCUT2D eigenvalue weighted by Crippen LogP contribution is 2.32. The number of ether oxygens (including phenoxy) is 1. The molecule has 29 heavy (non-hydrogen) atoms. The number of benzene rings is 2. The van der Waals surface area contributed by atoms with E-state index in [0.29, 0.717) is 5.69 Å². The van der Waals surface area contributed by atoms with Gasteiger partial charge in [0.15, 0.2) is 0 Å². The first-order valence-corrected chi connectivity index (χ1v) is 9.70. The molecule has 0 bridgehead atoms. The van der Waals surface area contributed by atoms with Crippen LogP contribution < -0.4 is 15.4 Å². The fourth-order valence-corrected chi connectivity index (χ4v) is 3.72. The zero-order chi connectivity index (χ0) is 20.8. The summed E-state index contributed by atoms with van der Waals surface area (Å²) < 4.78 is 18.5. The average Bonchev–Trinajstić information content (AvgIpc) is 3.17. The molecule has 1 aliphatic heterocycles. The average molecular weight is 399 g/mol. The van der Waals surface area contributed by atoms with Crippen molar-refractivity contribution in [1.29, 1.82) is 0 Å². The van der Waals surface area contributed by atoms with Crippen LogP contribution in [-0.2, 0) is 9.59 Å². The number of nitrogens with two attached hydrogens (primary N) is 1. The molecule has 6 nitrogen and oxygen atoms in total. The van der Waals surface area contributed by atoms with Crippen molar-refractivity contribution >= 4 is 17.5 Å².